The topological polar surface area (TPSA) is 88.5 Å². The lowest BCUT2D eigenvalue weighted by Crippen LogP contribution is -2.36. The van der Waals surface area contributed by atoms with Crippen LogP contribution in [0.1, 0.15) is 48.6 Å². The second-order valence-corrected chi connectivity index (χ2v) is 7.77. The minimum absolute atomic E-state index is 0.129. The van der Waals surface area contributed by atoms with Gasteiger partial charge in [-0.3, -0.25) is 9.48 Å². The fourth-order valence-corrected chi connectivity index (χ4v) is 3.41. The fourth-order valence-electron chi connectivity index (χ4n) is 3.19. The van der Waals surface area contributed by atoms with Crippen molar-refractivity contribution in [1.82, 2.24) is 24.6 Å². The van der Waals surface area contributed by atoms with Gasteiger partial charge in [-0.25, -0.2) is 4.98 Å². The number of aryl methyl sites for hydroxylation is 2. The zero-order valence-corrected chi connectivity index (χ0v) is 18.1. The summed E-state index contributed by atoms with van der Waals surface area (Å²) < 4.78 is 3.69. The predicted octanol–water partition coefficient (Wildman–Crippen LogP) is 3.97. The van der Waals surface area contributed by atoms with Crippen molar-refractivity contribution in [1.29, 1.82) is 5.26 Å². The predicted molar refractivity (Wildman–Crippen MR) is 116 cm³/mol. The Bertz CT molecular complexity index is 1080. The molecule has 0 aliphatic carbocycles. The van der Waals surface area contributed by atoms with Crippen LogP contribution in [0.4, 0.5) is 0 Å². The monoisotopic (exact) mass is 424 g/mol. The van der Waals surface area contributed by atoms with Gasteiger partial charge in [0.2, 0.25) is 0 Å². The van der Waals surface area contributed by atoms with E-state index in [2.05, 4.69) is 22.3 Å². The Balaban J connectivity index is 1.62. The molecule has 1 aromatic carbocycles. The van der Waals surface area contributed by atoms with Crippen molar-refractivity contribution in [2.75, 3.05) is 0 Å². The first-order chi connectivity index (χ1) is 14.4. The molecular weight excluding hydrogens is 400 g/mol. The van der Waals surface area contributed by atoms with Crippen LogP contribution in [0, 0.1) is 11.3 Å². The molecule has 30 heavy (non-hydrogen) atoms. The number of rotatable bonds is 8. The lowest BCUT2D eigenvalue weighted by atomic mass is 10.1. The summed E-state index contributed by atoms with van der Waals surface area (Å²) in [5, 5.41) is 16.9. The van der Waals surface area contributed by atoms with Crippen molar-refractivity contribution in [3.63, 3.8) is 0 Å². The Morgan fingerprint density at radius 1 is 1.37 bits per heavy atom. The van der Waals surface area contributed by atoms with E-state index < -0.39 is 0 Å². The van der Waals surface area contributed by atoms with Crippen LogP contribution in [-0.2, 0) is 20.0 Å². The number of imidazole rings is 1. The highest BCUT2D eigenvalue weighted by molar-refractivity contribution is 6.32. The van der Waals surface area contributed by atoms with Crippen LogP contribution in [0.2, 0.25) is 5.02 Å². The first-order valence-electron chi connectivity index (χ1n) is 9.97. The third-order valence-electron chi connectivity index (χ3n) is 4.82. The molecule has 2 aromatic heterocycles. The van der Waals surface area contributed by atoms with Gasteiger partial charge in [-0.15, -0.1) is 0 Å². The third-order valence-corrected chi connectivity index (χ3v) is 5.14. The minimum atomic E-state index is -0.188. The molecule has 2 heterocycles. The largest absolute Gasteiger partial charge is 0.346 e. The fraction of sp³-hybridized carbons (Fsp3) is 0.364. The van der Waals surface area contributed by atoms with Gasteiger partial charge in [0.1, 0.15) is 17.6 Å². The van der Waals surface area contributed by atoms with Crippen LogP contribution < -0.4 is 5.32 Å². The number of unbranched alkanes of at least 4 members (excludes halogenated alkanes) is 1. The summed E-state index contributed by atoms with van der Waals surface area (Å²) in [7, 11) is 1.92. The second kappa shape index (κ2) is 9.59. The van der Waals surface area contributed by atoms with E-state index in [1.165, 1.54) is 0 Å². The van der Waals surface area contributed by atoms with Crippen molar-refractivity contribution in [2.24, 2.45) is 7.05 Å². The molecular formula is C22H25ClN6O. The first-order valence-corrected chi connectivity index (χ1v) is 10.4. The summed E-state index contributed by atoms with van der Waals surface area (Å²) in [5.41, 5.74) is 2.46. The Morgan fingerprint density at radius 2 is 2.17 bits per heavy atom. The zero-order chi connectivity index (χ0) is 21.7. The van der Waals surface area contributed by atoms with E-state index >= 15 is 0 Å². The molecule has 0 fully saturated rings. The van der Waals surface area contributed by atoms with Crippen LogP contribution in [0.5, 0.6) is 0 Å². The van der Waals surface area contributed by atoms with Crippen LogP contribution in [0.15, 0.2) is 36.7 Å². The lowest BCUT2D eigenvalue weighted by Gasteiger charge is -2.13. The Kier molecular flexibility index (Phi) is 6.91. The second-order valence-electron chi connectivity index (χ2n) is 7.36. The molecule has 7 nitrogen and oxygen atoms in total. The molecule has 0 aliphatic heterocycles. The number of nitriles is 1. The van der Waals surface area contributed by atoms with Crippen LogP contribution in [-0.4, -0.2) is 31.3 Å². The number of carbonyl (C=O) groups is 1. The number of nitrogens with one attached hydrogen (secondary N) is 1. The number of carbonyl (C=O) groups excluding carboxylic acids is 1. The SMILES string of the molecule is CCCCc1nc(C(=O)NC(C)Cn2ccc(-c3ccc(C#N)c(Cl)c3)n2)cn1C. The van der Waals surface area contributed by atoms with Gasteiger partial charge in [-0.2, -0.15) is 10.4 Å². The minimum Gasteiger partial charge on any atom is -0.346 e. The normalized spacial score (nSPS) is 11.8. The van der Waals surface area contributed by atoms with Crippen molar-refractivity contribution in [2.45, 2.75) is 45.7 Å². The number of halogens is 1. The van der Waals surface area contributed by atoms with Gasteiger partial charge < -0.3 is 9.88 Å². The molecule has 8 heteroatoms. The Labute approximate surface area is 181 Å². The molecule has 1 unspecified atom stereocenters. The highest BCUT2D eigenvalue weighted by Gasteiger charge is 2.16. The highest BCUT2D eigenvalue weighted by atomic mass is 35.5. The Morgan fingerprint density at radius 3 is 2.87 bits per heavy atom. The summed E-state index contributed by atoms with van der Waals surface area (Å²) >= 11 is 6.11. The zero-order valence-electron chi connectivity index (χ0n) is 17.4. The van der Waals surface area contributed by atoms with Gasteiger partial charge in [0.05, 0.1) is 22.8 Å². The summed E-state index contributed by atoms with van der Waals surface area (Å²) in [5.74, 6) is 0.736. The molecule has 156 valence electrons. The van der Waals surface area contributed by atoms with E-state index in [1.807, 2.05) is 42.9 Å². The smallest absolute Gasteiger partial charge is 0.271 e. The average molecular weight is 425 g/mol. The standard InChI is InChI=1S/C22H25ClN6O/c1-4-5-6-21-26-20(14-28(21)3)22(30)25-15(2)13-29-10-9-19(27-29)16-7-8-17(12-24)18(23)11-16/h7-11,14-15H,4-6,13H2,1-3H3,(H,25,30). The summed E-state index contributed by atoms with van der Waals surface area (Å²) in [4.78, 5) is 17.0. The molecule has 3 aromatic rings. The van der Waals surface area contributed by atoms with Crippen LogP contribution in [0.3, 0.4) is 0 Å². The van der Waals surface area contributed by atoms with Crippen LogP contribution >= 0.6 is 11.6 Å². The number of hydrogen-bond donors (Lipinski definition) is 1. The quantitative estimate of drug-likeness (QED) is 0.592. The van der Waals surface area contributed by atoms with E-state index in [0.717, 1.165) is 36.3 Å². The molecule has 0 radical (unpaired) electrons. The van der Waals surface area contributed by atoms with Gasteiger partial charge in [-0.05, 0) is 31.5 Å². The summed E-state index contributed by atoms with van der Waals surface area (Å²) in [6.45, 7) is 4.58. The number of nitrogens with zero attached hydrogens (tertiary/aromatic N) is 5. The first kappa shape index (κ1) is 21.6. The van der Waals surface area contributed by atoms with E-state index in [-0.39, 0.29) is 11.9 Å². The van der Waals surface area contributed by atoms with Gasteiger partial charge in [0, 0.05) is 37.5 Å². The molecule has 1 amide bonds. The van der Waals surface area contributed by atoms with Gasteiger partial charge in [0.15, 0.2) is 0 Å². The number of amides is 1. The molecule has 0 bridgehead atoms. The lowest BCUT2D eigenvalue weighted by molar-refractivity contribution is 0.0931. The molecule has 1 atom stereocenters. The molecule has 0 saturated heterocycles. The van der Waals surface area contributed by atoms with E-state index in [1.54, 1.807) is 23.0 Å². The number of benzene rings is 1. The maximum atomic E-state index is 12.6. The summed E-state index contributed by atoms with van der Waals surface area (Å²) in [6.07, 6.45) is 6.63. The Hall–Kier alpha value is -3.11. The van der Waals surface area contributed by atoms with E-state index in [9.17, 15) is 4.79 Å². The molecule has 0 saturated carbocycles. The van der Waals surface area contributed by atoms with Crippen LogP contribution in [0.25, 0.3) is 11.3 Å². The molecule has 1 N–H and O–H groups in total. The van der Waals surface area contributed by atoms with Crippen molar-refractivity contribution >= 4 is 17.5 Å². The number of aromatic nitrogens is 4. The molecule has 0 aliphatic rings. The van der Waals surface area contributed by atoms with Crippen molar-refractivity contribution in [3.05, 3.63) is 58.8 Å². The maximum absolute atomic E-state index is 12.6. The van der Waals surface area contributed by atoms with E-state index in [4.69, 9.17) is 16.9 Å². The molecule has 3 rings (SSSR count). The maximum Gasteiger partial charge on any atom is 0.271 e. The number of hydrogen-bond acceptors (Lipinski definition) is 4. The van der Waals surface area contributed by atoms with Gasteiger partial charge in [-0.1, -0.05) is 31.0 Å². The third kappa shape index (κ3) is 5.08. The van der Waals surface area contributed by atoms with Gasteiger partial charge in [0.25, 0.3) is 5.91 Å². The van der Waals surface area contributed by atoms with Crippen molar-refractivity contribution in [3.8, 4) is 17.3 Å². The highest BCUT2D eigenvalue weighted by Crippen LogP contribution is 2.24. The molecule has 0 spiro atoms. The van der Waals surface area contributed by atoms with Gasteiger partial charge >= 0.3 is 0 Å². The summed E-state index contributed by atoms with van der Waals surface area (Å²) in [6, 6.07) is 9.03. The van der Waals surface area contributed by atoms with Crippen molar-refractivity contribution < 1.29 is 4.79 Å². The average Bonchev–Trinajstić information content (AvgIpc) is 3.32. The van der Waals surface area contributed by atoms with E-state index in [0.29, 0.717) is 22.8 Å².